The number of carboxylic acids is 1. The van der Waals surface area contributed by atoms with E-state index in [4.69, 9.17) is 0 Å². The smallest absolute Gasteiger partial charge is 0.348 e. The predicted octanol–water partition coefficient (Wildman–Crippen LogP) is 7.26. The van der Waals surface area contributed by atoms with Gasteiger partial charge in [0.2, 0.25) is 5.91 Å². The van der Waals surface area contributed by atoms with Gasteiger partial charge in [-0.1, -0.05) is 24.8 Å². The van der Waals surface area contributed by atoms with Gasteiger partial charge in [-0.3, -0.25) is 9.78 Å². The highest BCUT2D eigenvalue weighted by molar-refractivity contribution is 7.15. The van der Waals surface area contributed by atoms with Crippen LogP contribution >= 0.6 is 11.3 Å². The van der Waals surface area contributed by atoms with Crippen LogP contribution in [0.1, 0.15) is 105 Å². The highest BCUT2D eigenvalue weighted by Gasteiger charge is 2.37. The summed E-state index contributed by atoms with van der Waals surface area (Å²) in [5, 5.41) is 10.2. The Hall–Kier alpha value is -2.69. The number of hydrogen-bond donors (Lipinski definition) is 1. The molecular formula is C34H47N3O3S. The number of aromatic carboxylic acids is 1. The average molecular weight is 578 g/mol. The Balaban J connectivity index is 1.57. The van der Waals surface area contributed by atoms with Crippen molar-refractivity contribution in [1.29, 1.82) is 0 Å². The number of rotatable bonds is 8. The fourth-order valence-electron chi connectivity index (χ4n) is 6.27. The van der Waals surface area contributed by atoms with Crippen LogP contribution in [-0.2, 0) is 17.8 Å². The van der Waals surface area contributed by atoms with Crippen molar-refractivity contribution in [2.24, 2.45) is 23.2 Å². The molecule has 6 nitrogen and oxygen atoms in total. The minimum Gasteiger partial charge on any atom is -0.477 e. The molecule has 7 heteroatoms. The van der Waals surface area contributed by atoms with Crippen molar-refractivity contribution in [3.63, 3.8) is 0 Å². The van der Waals surface area contributed by atoms with Crippen molar-refractivity contribution in [3.8, 4) is 11.8 Å². The first-order valence-electron chi connectivity index (χ1n) is 15.2. The second-order valence-electron chi connectivity index (χ2n) is 13.6. The molecule has 2 aromatic rings. The van der Waals surface area contributed by atoms with Crippen LogP contribution in [0.2, 0.25) is 0 Å². The number of carbonyl (C=O) groups excluding carboxylic acids is 1. The lowest BCUT2D eigenvalue weighted by molar-refractivity contribution is -0.124. The van der Waals surface area contributed by atoms with Crippen LogP contribution in [0, 0.1) is 35.0 Å². The quantitative estimate of drug-likeness (QED) is 0.334. The van der Waals surface area contributed by atoms with Crippen LogP contribution in [0.5, 0.6) is 0 Å². The van der Waals surface area contributed by atoms with E-state index in [1.165, 1.54) is 22.5 Å². The number of pyridine rings is 1. The average Bonchev–Trinajstić information content (AvgIpc) is 3.33. The molecule has 0 aromatic carbocycles. The second kappa shape index (κ2) is 13.5. The molecule has 2 aromatic heterocycles. The number of carboxylic acid groups (broad SMARTS) is 1. The van der Waals surface area contributed by atoms with Crippen molar-refractivity contribution in [3.05, 3.63) is 45.4 Å². The molecule has 0 atom stereocenters. The van der Waals surface area contributed by atoms with E-state index in [0.29, 0.717) is 22.4 Å². The lowest BCUT2D eigenvalue weighted by Gasteiger charge is -2.39. The highest BCUT2D eigenvalue weighted by Crippen LogP contribution is 2.40. The number of hydrogen-bond acceptors (Lipinski definition) is 5. The van der Waals surface area contributed by atoms with Crippen LogP contribution < -0.4 is 4.90 Å². The fraction of sp³-hybridized carbons (Fsp3) is 0.618. The molecule has 222 valence electrons. The van der Waals surface area contributed by atoms with Gasteiger partial charge in [0.25, 0.3) is 0 Å². The molecule has 2 fully saturated rings. The van der Waals surface area contributed by atoms with E-state index >= 15 is 0 Å². The molecule has 0 bridgehead atoms. The molecule has 0 spiro atoms. The standard InChI is InChI=1S/C34H47N3O3S/c1-23-7-11-27(12-8-23)32(38)37(30-19-29(15-16-34(2,3)4)41-31(30)33(39)40)28-13-9-24(10-14-28)17-25-18-26(21-35-20-25)22-36(5)6/h18-21,23-24,27-28H,7-14,17,22H2,1-6H3,(H,39,40)/t23-,24-,27-,28-. The van der Waals surface area contributed by atoms with E-state index in [-0.39, 0.29) is 28.2 Å². The molecule has 2 saturated carbocycles. The Labute approximate surface area is 250 Å². The van der Waals surface area contributed by atoms with Crippen molar-refractivity contribution in [1.82, 2.24) is 9.88 Å². The van der Waals surface area contributed by atoms with Crippen molar-refractivity contribution in [2.75, 3.05) is 19.0 Å². The first-order chi connectivity index (χ1) is 19.4. The molecule has 0 saturated heterocycles. The third-order valence-electron chi connectivity index (χ3n) is 8.39. The topological polar surface area (TPSA) is 73.7 Å². The van der Waals surface area contributed by atoms with Gasteiger partial charge < -0.3 is 14.9 Å². The molecule has 0 aliphatic heterocycles. The van der Waals surface area contributed by atoms with Crippen LogP contribution in [0.3, 0.4) is 0 Å². The summed E-state index contributed by atoms with van der Waals surface area (Å²) < 4.78 is 0. The first-order valence-corrected chi connectivity index (χ1v) is 16.0. The molecule has 2 aliphatic rings. The van der Waals surface area contributed by atoms with E-state index in [0.717, 1.165) is 64.3 Å². The molecule has 2 heterocycles. The summed E-state index contributed by atoms with van der Waals surface area (Å²) in [6.45, 7) is 9.25. The Kier molecular flexibility index (Phi) is 10.3. The Morgan fingerprint density at radius 2 is 1.66 bits per heavy atom. The molecular weight excluding hydrogens is 530 g/mol. The van der Waals surface area contributed by atoms with Crippen LogP contribution in [0.4, 0.5) is 5.69 Å². The molecule has 0 unspecified atom stereocenters. The molecule has 2 aliphatic carbocycles. The minimum atomic E-state index is -0.984. The van der Waals surface area contributed by atoms with Crippen molar-refractivity contribution in [2.45, 2.75) is 98.1 Å². The molecule has 1 N–H and O–H groups in total. The number of aromatic nitrogens is 1. The normalized spacial score (nSPS) is 23.1. The number of amides is 1. The van der Waals surface area contributed by atoms with Gasteiger partial charge in [-0.05, 0) is 122 Å². The van der Waals surface area contributed by atoms with Crippen molar-refractivity contribution >= 4 is 28.9 Å². The van der Waals surface area contributed by atoms with Crippen LogP contribution in [0.25, 0.3) is 0 Å². The summed E-state index contributed by atoms with van der Waals surface area (Å²) in [6.07, 6.45) is 12.6. The van der Waals surface area contributed by atoms with Gasteiger partial charge >= 0.3 is 5.97 Å². The van der Waals surface area contributed by atoms with E-state index in [1.54, 1.807) is 0 Å². The number of nitrogens with zero attached hydrogens (tertiary/aromatic N) is 3. The van der Waals surface area contributed by atoms with Crippen LogP contribution in [-0.4, -0.2) is 47.0 Å². The number of carbonyl (C=O) groups is 2. The predicted molar refractivity (Wildman–Crippen MR) is 167 cm³/mol. The van der Waals surface area contributed by atoms with Gasteiger partial charge in [-0.25, -0.2) is 4.79 Å². The summed E-state index contributed by atoms with van der Waals surface area (Å²) in [5.74, 6) is 6.68. The van der Waals surface area contributed by atoms with E-state index in [9.17, 15) is 14.7 Å². The largest absolute Gasteiger partial charge is 0.477 e. The van der Waals surface area contributed by atoms with E-state index < -0.39 is 5.97 Å². The summed E-state index contributed by atoms with van der Waals surface area (Å²) in [5.41, 5.74) is 2.85. The zero-order chi connectivity index (χ0) is 29.7. The maximum absolute atomic E-state index is 14.2. The van der Waals surface area contributed by atoms with Gasteiger partial charge in [0.15, 0.2) is 0 Å². The van der Waals surface area contributed by atoms with E-state index in [2.05, 4.69) is 48.8 Å². The Morgan fingerprint density at radius 3 is 2.27 bits per heavy atom. The summed E-state index contributed by atoms with van der Waals surface area (Å²) >= 11 is 1.20. The van der Waals surface area contributed by atoms with Crippen molar-refractivity contribution < 1.29 is 14.7 Å². The molecule has 4 rings (SSSR count). The summed E-state index contributed by atoms with van der Waals surface area (Å²) in [7, 11) is 4.14. The maximum atomic E-state index is 14.2. The highest BCUT2D eigenvalue weighted by atomic mass is 32.1. The SMILES string of the molecule is CN(C)Cc1cncc(C[C@H]2CC[C@H](N(c3cc(C#CC(C)(C)C)sc3C(=O)O)C(=O)[C@H]3CC[C@H](C)CC3)CC2)c1. The molecule has 0 radical (unpaired) electrons. The van der Waals surface area contributed by atoms with Gasteiger partial charge in [-0.15, -0.1) is 11.3 Å². The van der Waals surface area contributed by atoms with E-state index in [1.807, 2.05) is 44.1 Å². The lowest BCUT2D eigenvalue weighted by atomic mass is 9.79. The van der Waals surface area contributed by atoms with Crippen LogP contribution in [0.15, 0.2) is 24.5 Å². The zero-order valence-corrected chi connectivity index (χ0v) is 26.5. The lowest BCUT2D eigenvalue weighted by Crippen LogP contribution is -2.46. The van der Waals surface area contributed by atoms with Gasteiger partial charge in [-0.2, -0.15) is 0 Å². The Morgan fingerprint density at radius 1 is 1.00 bits per heavy atom. The van der Waals surface area contributed by atoms with Gasteiger partial charge in [0.05, 0.1) is 10.6 Å². The molecule has 1 amide bonds. The van der Waals surface area contributed by atoms with Gasteiger partial charge in [0.1, 0.15) is 4.88 Å². The first kappa shape index (κ1) is 31.3. The summed E-state index contributed by atoms with van der Waals surface area (Å²) in [6, 6.07) is 4.14. The fourth-order valence-corrected chi connectivity index (χ4v) is 7.11. The Bertz CT molecular complexity index is 1270. The maximum Gasteiger partial charge on any atom is 0.348 e. The number of anilines is 1. The third-order valence-corrected chi connectivity index (χ3v) is 9.41. The monoisotopic (exact) mass is 577 g/mol. The minimum absolute atomic E-state index is 0.00688. The third kappa shape index (κ3) is 8.66. The molecule has 41 heavy (non-hydrogen) atoms. The van der Waals surface area contributed by atoms with Gasteiger partial charge in [0, 0.05) is 36.3 Å². The summed E-state index contributed by atoms with van der Waals surface area (Å²) in [4.78, 5) is 36.1. The number of thiophene rings is 1. The zero-order valence-electron chi connectivity index (χ0n) is 25.7. The second-order valence-corrected chi connectivity index (χ2v) is 14.7.